The molecule has 1 N–H and O–H groups in total. The first-order valence-electron chi connectivity index (χ1n) is 4.51. The predicted molar refractivity (Wildman–Crippen MR) is 54.3 cm³/mol. The van der Waals surface area contributed by atoms with Gasteiger partial charge in [0.1, 0.15) is 11.5 Å². The number of rotatable bonds is 7. The highest BCUT2D eigenvalue weighted by atomic mass is 32.2. The minimum absolute atomic E-state index is 0.368. The van der Waals surface area contributed by atoms with Crippen molar-refractivity contribution in [2.75, 3.05) is 24.4 Å². The summed E-state index contributed by atoms with van der Waals surface area (Å²) in [4.78, 5) is 0. The van der Waals surface area contributed by atoms with E-state index in [9.17, 15) is 0 Å². The van der Waals surface area contributed by atoms with Crippen LogP contribution >= 0.6 is 0 Å². The van der Waals surface area contributed by atoms with E-state index in [1.54, 1.807) is 0 Å². The van der Waals surface area contributed by atoms with Crippen LogP contribution in [0.25, 0.3) is 0 Å². The molecule has 11 heavy (non-hydrogen) atoms. The molecule has 0 aliphatic rings. The van der Waals surface area contributed by atoms with Gasteiger partial charge in [0, 0.05) is 0 Å². The highest BCUT2D eigenvalue weighted by Crippen LogP contribution is 2.02. The van der Waals surface area contributed by atoms with Crippen LogP contribution in [0.4, 0.5) is 0 Å². The Morgan fingerprint density at radius 3 is 2.36 bits per heavy atom. The Morgan fingerprint density at radius 1 is 1.09 bits per heavy atom. The van der Waals surface area contributed by atoms with Gasteiger partial charge in [0.15, 0.2) is 0 Å². The third kappa shape index (κ3) is 8.21. The van der Waals surface area contributed by atoms with Crippen LogP contribution in [-0.2, 0) is 10.9 Å². The SMILES string of the molecule is CCCCCC[S+](C)CCO. The fourth-order valence-corrected chi connectivity index (χ4v) is 2.25. The zero-order chi connectivity index (χ0) is 8.53. The zero-order valence-corrected chi connectivity index (χ0v) is 8.62. The molecular formula is C9H21OS+. The molecule has 1 unspecified atom stereocenters. The second-order valence-corrected chi connectivity index (χ2v) is 5.35. The third-order valence-electron chi connectivity index (χ3n) is 1.79. The maximum atomic E-state index is 8.65. The van der Waals surface area contributed by atoms with Crippen molar-refractivity contribution >= 4 is 10.9 Å². The first kappa shape index (κ1) is 11.3. The number of aliphatic hydroxyl groups excluding tert-OH is 1. The van der Waals surface area contributed by atoms with Gasteiger partial charge in [-0.3, -0.25) is 0 Å². The molecule has 0 amide bonds. The largest absolute Gasteiger partial charge is 0.391 e. The van der Waals surface area contributed by atoms with E-state index in [-0.39, 0.29) is 0 Å². The summed E-state index contributed by atoms with van der Waals surface area (Å²) in [7, 11) is 0.476. The van der Waals surface area contributed by atoms with E-state index in [0.29, 0.717) is 17.5 Å². The lowest BCUT2D eigenvalue weighted by Crippen LogP contribution is -2.12. The molecule has 0 aromatic rings. The topological polar surface area (TPSA) is 20.2 Å². The molecule has 0 heterocycles. The van der Waals surface area contributed by atoms with Gasteiger partial charge < -0.3 is 5.11 Å². The van der Waals surface area contributed by atoms with Crippen molar-refractivity contribution in [1.82, 2.24) is 0 Å². The minimum atomic E-state index is 0.368. The first-order valence-corrected chi connectivity index (χ1v) is 6.48. The van der Waals surface area contributed by atoms with Gasteiger partial charge in [0.25, 0.3) is 0 Å². The monoisotopic (exact) mass is 177 g/mol. The van der Waals surface area contributed by atoms with Gasteiger partial charge in [0.2, 0.25) is 0 Å². The standard InChI is InChI=1S/C9H21OS/c1-3-4-5-6-8-11(2)9-7-10/h10H,3-9H2,1-2H3/q+1. The molecule has 0 aliphatic heterocycles. The number of aliphatic hydroxyl groups is 1. The van der Waals surface area contributed by atoms with E-state index >= 15 is 0 Å². The lowest BCUT2D eigenvalue weighted by atomic mass is 10.2. The van der Waals surface area contributed by atoms with Gasteiger partial charge >= 0.3 is 0 Å². The first-order chi connectivity index (χ1) is 5.31. The van der Waals surface area contributed by atoms with Gasteiger partial charge in [0.05, 0.1) is 12.9 Å². The lowest BCUT2D eigenvalue weighted by Gasteiger charge is -2.00. The predicted octanol–water partition coefficient (Wildman–Crippen LogP) is 1.81. The average Bonchev–Trinajstić information content (AvgIpc) is 1.99. The van der Waals surface area contributed by atoms with Crippen LogP contribution in [0.2, 0.25) is 0 Å². The van der Waals surface area contributed by atoms with E-state index < -0.39 is 0 Å². The molecule has 0 saturated heterocycles. The van der Waals surface area contributed by atoms with Gasteiger partial charge in [-0.1, -0.05) is 19.8 Å². The molecule has 0 aromatic carbocycles. The Labute approximate surface area is 73.5 Å². The van der Waals surface area contributed by atoms with E-state index in [2.05, 4.69) is 13.2 Å². The Morgan fingerprint density at radius 2 is 1.82 bits per heavy atom. The van der Waals surface area contributed by atoms with Crippen LogP contribution < -0.4 is 0 Å². The van der Waals surface area contributed by atoms with Crippen LogP contribution in [0.1, 0.15) is 32.6 Å². The molecule has 0 radical (unpaired) electrons. The second kappa shape index (κ2) is 8.41. The van der Waals surface area contributed by atoms with Crippen molar-refractivity contribution in [2.45, 2.75) is 32.6 Å². The Bertz CT molecular complexity index is 76.0. The van der Waals surface area contributed by atoms with Crippen molar-refractivity contribution in [3.05, 3.63) is 0 Å². The van der Waals surface area contributed by atoms with Gasteiger partial charge in [-0.2, -0.15) is 0 Å². The number of hydrogen-bond acceptors (Lipinski definition) is 1. The highest BCUT2D eigenvalue weighted by Gasteiger charge is 2.07. The minimum Gasteiger partial charge on any atom is -0.391 e. The van der Waals surface area contributed by atoms with Crippen molar-refractivity contribution in [3.63, 3.8) is 0 Å². The van der Waals surface area contributed by atoms with E-state index in [1.165, 1.54) is 31.4 Å². The van der Waals surface area contributed by atoms with Crippen molar-refractivity contribution in [1.29, 1.82) is 0 Å². The van der Waals surface area contributed by atoms with Crippen LogP contribution in [0.5, 0.6) is 0 Å². The molecule has 0 aliphatic carbocycles. The third-order valence-corrected chi connectivity index (χ3v) is 3.65. The molecule has 0 fully saturated rings. The van der Waals surface area contributed by atoms with Crippen molar-refractivity contribution < 1.29 is 5.11 Å². The summed E-state index contributed by atoms with van der Waals surface area (Å²) in [5.74, 6) is 2.33. The Kier molecular flexibility index (Phi) is 8.64. The summed E-state index contributed by atoms with van der Waals surface area (Å²) < 4.78 is 0. The summed E-state index contributed by atoms with van der Waals surface area (Å²) in [6.45, 7) is 2.60. The van der Waals surface area contributed by atoms with Crippen molar-refractivity contribution in [2.24, 2.45) is 0 Å². The van der Waals surface area contributed by atoms with Crippen LogP contribution in [0.3, 0.4) is 0 Å². The number of hydrogen-bond donors (Lipinski definition) is 1. The Balaban J connectivity index is 2.97. The fourth-order valence-electron chi connectivity index (χ4n) is 1.03. The molecule has 2 heteroatoms. The fraction of sp³-hybridized carbons (Fsp3) is 1.00. The molecule has 0 bridgehead atoms. The molecule has 0 spiro atoms. The molecule has 68 valence electrons. The molecule has 0 saturated carbocycles. The van der Waals surface area contributed by atoms with E-state index in [0.717, 1.165) is 5.75 Å². The summed E-state index contributed by atoms with van der Waals surface area (Å²) in [6, 6.07) is 0. The van der Waals surface area contributed by atoms with Gasteiger partial charge in [-0.25, -0.2) is 0 Å². The van der Waals surface area contributed by atoms with Gasteiger partial charge in [-0.15, -0.1) is 0 Å². The lowest BCUT2D eigenvalue weighted by molar-refractivity contribution is 0.322. The molecule has 1 atom stereocenters. The average molecular weight is 177 g/mol. The normalized spacial score (nSPS) is 13.4. The summed E-state index contributed by atoms with van der Waals surface area (Å²) in [5.41, 5.74) is 0. The maximum absolute atomic E-state index is 8.65. The molecule has 0 aromatic heterocycles. The Hall–Kier alpha value is 0.310. The van der Waals surface area contributed by atoms with Crippen molar-refractivity contribution in [3.8, 4) is 0 Å². The summed E-state index contributed by atoms with van der Waals surface area (Å²) in [5, 5.41) is 8.65. The smallest absolute Gasteiger partial charge is 0.130 e. The van der Waals surface area contributed by atoms with Crippen LogP contribution in [-0.4, -0.2) is 29.5 Å². The molecular weight excluding hydrogens is 156 g/mol. The molecule has 0 rings (SSSR count). The second-order valence-electron chi connectivity index (χ2n) is 2.97. The van der Waals surface area contributed by atoms with Crippen LogP contribution in [0, 0.1) is 0 Å². The van der Waals surface area contributed by atoms with Crippen LogP contribution in [0.15, 0.2) is 0 Å². The maximum Gasteiger partial charge on any atom is 0.130 e. The van der Waals surface area contributed by atoms with E-state index in [1.807, 2.05) is 0 Å². The quantitative estimate of drug-likeness (QED) is 0.464. The van der Waals surface area contributed by atoms with E-state index in [4.69, 9.17) is 5.11 Å². The zero-order valence-electron chi connectivity index (χ0n) is 7.81. The summed E-state index contributed by atoms with van der Waals surface area (Å²) in [6.07, 6.45) is 7.67. The van der Waals surface area contributed by atoms with Gasteiger partial charge in [-0.05, 0) is 23.7 Å². The summed E-state index contributed by atoms with van der Waals surface area (Å²) >= 11 is 0. The number of unbranched alkanes of at least 4 members (excludes halogenated alkanes) is 3. The molecule has 1 nitrogen and oxygen atoms in total. The highest BCUT2D eigenvalue weighted by molar-refractivity contribution is 7.96.